The van der Waals surface area contributed by atoms with Crippen LogP contribution in [0.2, 0.25) is 0 Å². The summed E-state index contributed by atoms with van der Waals surface area (Å²) in [6.45, 7) is 15.9. The molecule has 6 aromatic rings. The van der Waals surface area contributed by atoms with Crippen LogP contribution in [-0.4, -0.2) is 26.2 Å². The van der Waals surface area contributed by atoms with Crippen molar-refractivity contribution in [3.63, 3.8) is 0 Å². The second-order valence-corrected chi connectivity index (χ2v) is 11.2. The summed E-state index contributed by atoms with van der Waals surface area (Å²) in [6.07, 6.45) is 0. The maximum Gasteiger partial charge on any atom is 0.344 e. The molecule has 2 heterocycles. The molecule has 0 fully saturated rings. The molecule has 2 aromatic heterocycles. The zero-order valence-electron chi connectivity index (χ0n) is 26.3. The highest BCUT2D eigenvalue weighted by Gasteiger charge is 2.19. The summed E-state index contributed by atoms with van der Waals surface area (Å²) >= 11 is 0. The van der Waals surface area contributed by atoms with Crippen LogP contribution in [0.3, 0.4) is 0 Å². The summed E-state index contributed by atoms with van der Waals surface area (Å²) in [4.78, 5) is 31.5. The van der Waals surface area contributed by atoms with E-state index in [1.807, 2.05) is 74.5 Å². The normalized spacial score (nSPS) is 11.5. The first-order chi connectivity index (χ1) is 21.3. The number of benzene rings is 4. The van der Waals surface area contributed by atoms with E-state index in [1.165, 1.54) is 0 Å². The highest BCUT2D eigenvalue weighted by Crippen LogP contribution is 2.37. The molecule has 4 aromatic carbocycles. The topological polar surface area (TPSA) is 66.9 Å². The van der Waals surface area contributed by atoms with Crippen molar-refractivity contribution >= 4 is 44.1 Å². The first-order valence-electron chi connectivity index (χ1n) is 15.5. The lowest BCUT2D eigenvalue weighted by Gasteiger charge is -2.22. The molecular formula is C38H38N2O4. The Hall–Kier alpha value is -4.84. The molecule has 0 atom stereocenters. The van der Waals surface area contributed by atoms with Crippen LogP contribution >= 0.6 is 0 Å². The van der Waals surface area contributed by atoms with Gasteiger partial charge in [0.2, 0.25) is 0 Å². The van der Waals surface area contributed by atoms with Crippen molar-refractivity contribution in [1.29, 1.82) is 0 Å². The van der Waals surface area contributed by atoms with Crippen LogP contribution in [0.1, 0.15) is 38.8 Å². The molecule has 0 bridgehead atoms. The molecule has 0 amide bonds. The minimum atomic E-state index is -0.392. The number of hydrogen-bond acceptors (Lipinski definition) is 6. The molecule has 0 saturated heterocycles. The predicted molar refractivity (Wildman–Crippen MR) is 183 cm³/mol. The Kier molecular flexibility index (Phi) is 7.76. The summed E-state index contributed by atoms with van der Waals surface area (Å²) in [5.74, 6) is 0. The molecule has 6 heteroatoms. The molecule has 0 aliphatic rings. The van der Waals surface area contributed by atoms with E-state index in [9.17, 15) is 9.59 Å². The lowest BCUT2D eigenvalue weighted by atomic mass is 9.91. The quantitative estimate of drug-likeness (QED) is 0.166. The van der Waals surface area contributed by atoms with Crippen LogP contribution in [0.5, 0.6) is 0 Å². The van der Waals surface area contributed by atoms with Crippen molar-refractivity contribution in [3.05, 3.63) is 105 Å². The summed E-state index contributed by atoms with van der Waals surface area (Å²) in [5.41, 5.74) is 6.92. The van der Waals surface area contributed by atoms with Gasteiger partial charge < -0.3 is 18.6 Å². The Morgan fingerprint density at radius 2 is 1.11 bits per heavy atom. The lowest BCUT2D eigenvalue weighted by Crippen LogP contribution is -2.21. The van der Waals surface area contributed by atoms with E-state index in [-0.39, 0.29) is 5.63 Å². The van der Waals surface area contributed by atoms with Gasteiger partial charge in [0.1, 0.15) is 11.2 Å². The minimum absolute atomic E-state index is 0.380. The van der Waals surface area contributed by atoms with Gasteiger partial charge in [-0.3, -0.25) is 0 Å². The zero-order valence-corrected chi connectivity index (χ0v) is 26.3. The standard InChI is InChI=1S/C38H38N2O4/c1-7-39(8-2)25-17-18-27-24(6)36(38(42)44-34(27)20-25)31-16-12-13-28-29(31)14-11-15-30(28)33-22-32-23(5)19-26(40(9-3)10-4)21-35(32)43-37(33)41/h11-22H,7-10H2,1-6H3. The molecular weight excluding hydrogens is 548 g/mol. The van der Waals surface area contributed by atoms with Crippen molar-refractivity contribution in [3.8, 4) is 22.3 Å². The number of hydrogen-bond donors (Lipinski definition) is 0. The minimum Gasteiger partial charge on any atom is -0.422 e. The number of nitrogens with zero attached hydrogens (tertiary/aromatic N) is 2. The smallest absolute Gasteiger partial charge is 0.344 e. The fourth-order valence-electron chi connectivity index (χ4n) is 6.54. The number of anilines is 2. The summed E-state index contributed by atoms with van der Waals surface area (Å²) < 4.78 is 11.9. The largest absolute Gasteiger partial charge is 0.422 e. The fourth-order valence-corrected chi connectivity index (χ4v) is 6.54. The Bertz CT molecular complexity index is 2150. The van der Waals surface area contributed by atoms with E-state index >= 15 is 0 Å². The van der Waals surface area contributed by atoms with Crippen molar-refractivity contribution in [1.82, 2.24) is 0 Å². The second-order valence-electron chi connectivity index (χ2n) is 11.2. The van der Waals surface area contributed by atoms with Crippen LogP contribution in [0, 0.1) is 13.8 Å². The molecule has 6 nitrogen and oxygen atoms in total. The second kappa shape index (κ2) is 11.7. The van der Waals surface area contributed by atoms with Crippen molar-refractivity contribution < 1.29 is 8.83 Å². The van der Waals surface area contributed by atoms with Crippen LogP contribution in [0.15, 0.2) is 91.2 Å². The average molecular weight is 587 g/mol. The van der Waals surface area contributed by atoms with E-state index in [0.717, 1.165) is 81.4 Å². The lowest BCUT2D eigenvalue weighted by molar-refractivity contribution is 0.562. The van der Waals surface area contributed by atoms with Crippen molar-refractivity contribution in [2.45, 2.75) is 41.5 Å². The first-order valence-corrected chi connectivity index (χ1v) is 15.5. The van der Waals surface area contributed by atoms with Gasteiger partial charge >= 0.3 is 11.3 Å². The molecule has 0 saturated carbocycles. The third kappa shape index (κ3) is 4.84. The molecule has 224 valence electrons. The third-order valence-electron chi connectivity index (χ3n) is 8.93. The number of rotatable bonds is 8. The van der Waals surface area contributed by atoms with Gasteiger partial charge in [0.15, 0.2) is 0 Å². The van der Waals surface area contributed by atoms with E-state index in [4.69, 9.17) is 8.83 Å². The SMILES string of the molecule is CCN(CC)c1cc(C)c2cc(-c3cccc4c(-c5c(C)c6ccc(N(CC)CC)cc6oc5=O)cccc34)c(=O)oc2c1. The Balaban J connectivity index is 1.52. The van der Waals surface area contributed by atoms with Crippen LogP contribution in [0.4, 0.5) is 11.4 Å². The first kappa shape index (κ1) is 29.2. The van der Waals surface area contributed by atoms with E-state index in [2.05, 4.69) is 49.6 Å². The van der Waals surface area contributed by atoms with Gasteiger partial charge in [-0.25, -0.2) is 9.59 Å². The highest BCUT2D eigenvalue weighted by molar-refractivity contribution is 6.06. The predicted octanol–water partition coefficient (Wildman–Crippen LogP) is 8.70. The van der Waals surface area contributed by atoms with Crippen molar-refractivity contribution in [2.24, 2.45) is 0 Å². The third-order valence-corrected chi connectivity index (χ3v) is 8.93. The molecule has 0 aliphatic carbocycles. The summed E-state index contributed by atoms with van der Waals surface area (Å²) in [6, 6.07) is 23.8. The van der Waals surface area contributed by atoms with Gasteiger partial charge in [-0.1, -0.05) is 36.4 Å². The molecule has 0 aliphatic heterocycles. The fraction of sp³-hybridized carbons (Fsp3) is 0.263. The zero-order chi connectivity index (χ0) is 31.1. The van der Waals surface area contributed by atoms with Crippen LogP contribution < -0.4 is 21.1 Å². The average Bonchev–Trinajstić information content (AvgIpc) is 3.02. The van der Waals surface area contributed by atoms with Gasteiger partial charge in [0.05, 0.1) is 11.1 Å². The Labute approximate surface area is 257 Å². The maximum absolute atomic E-state index is 13.6. The van der Waals surface area contributed by atoms with E-state index < -0.39 is 5.63 Å². The van der Waals surface area contributed by atoms with E-state index in [0.29, 0.717) is 22.3 Å². The van der Waals surface area contributed by atoms with Gasteiger partial charge in [0, 0.05) is 60.5 Å². The van der Waals surface area contributed by atoms with Gasteiger partial charge in [-0.15, -0.1) is 0 Å². The van der Waals surface area contributed by atoms with Gasteiger partial charge in [0.25, 0.3) is 0 Å². The maximum atomic E-state index is 13.6. The molecule has 0 radical (unpaired) electrons. The molecule has 44 heavy (non-hydrogen) atoms. The van der Waals surface area contributed by atoms with Crippen molar-refractivity contribution in [2.75, 3.05) is 36.0 Å². The van der Waals surface area contributed by atoms with Gasteiger partial charge in [-0.2, -0.15) is 0 Å². The highest BCUT2D eigenvalue weighted by atomic mass is 16.4. The summed E-state index contributed by atoms with van der Waals surface area (Å²) in [5, 5.41) is 3.54. The number of fused-ring (bicyclic) bond motifs is 3. The molecule has 0 unspecified atom stereocenters. The molecule has 0 N–H and O–H groups in total. The van der Waals surface area contributed by atoms with Crippen LogP contribution in [-0.2, 0) is 0 Å². The molecule has 0 spiro atoms. The Morgan fingerprint density at radius 3 is 1.80 bits per heavy atom. The monoisotopic (exact) mass is 586 g/mol. The van der Waals surface area contributed by atoms with Crippen LogP contribution in [0.25, 0.3) is 55.0 Å². The Morgan fingerprint density at radius 1 is 0.545 bits per heavy atom. The van der Waals surface area contributed by atoms with Gasteiger partial charge in [-0.05, 0) is 98.8 Å². The summed E-state index contributed by atoms with van der Waals surface area (Å²) in [7, 11) is 0. The van der Waals surface area contributed by atoms with E-state index in [1.54, 1.807) is 0 Å². The number of aryl methyl sites for hydroxylation is 2. The molecule has 6 rings (SSSR count).